The lowest BCUT2D eigenvalue weighted by molar-refractivity contribution is -0.138. The molecule has 0 bridgehead atoms. The number of hydrogen-bond donors (Lipinski definition) is 1. The van der Waals surface area contributed by atoms with Crippen molar-refractivity contribution in [1.82, 2.24) is 9.88 Å². The van der Waals surface area contributed by atoms with E-state index in [1.165, 1.54) is 0 Å². The smallest absolute Gasteiger partial charge is 0.304 e. The molecular formula is C10H14N2O2S. The Morgan fingerprint density at radius 1 is 1.73 bits per heavy atom. The van der Waals surface area contributed by atoms with Crippen LogP contribution in [0.3, 0.4) is 0 Å². The van der Waals surface area contributed by atoms with Gasteiger partial charge in [-0.1, -0.05) is 0 Å². The fraction of sp³-hybridized carbons (Fsp3) is 0.600. The maximum Gasteiger partial charge on any atom is 0.304 e. The van der Waals surface area contributed by atoms with Crippen molar-refractivity contribution in [3.63, 3.8) is 0 Å². The summed E-state index contributed by atoms with van der Waals surface area (Å²) in [5.74, 6) is -0.704. The topological polar surface area (TPSA) is 53.4 Å². The zero-order valence-corrected chi connectivity index (χ0v) is 9.24. The number of thiazole rings is 1. The molecule has 15 heavy (non-hydrogen) atoms. The summed E-state index contributed by atoms with van der Waals surface area (Å²) < 4.78 is 0. The van der Waals surface area contributed by atoms with E-state index in [0.29, 0.717) is 0 Å². The standard InChI is InChI=1S/C10H14N2O2S/c13-10(14)4-9-2-1-3-12(9)5-8-6-15-7-11-8/h6-7,9H,1-5H2,(H,13,14). The first-order chi connectivity index (χ1) is 7.25. The third-order valence-electron chi connectivity index (χ3n) is 2.76. The van der Waals surface area contributed by atoms with Crippen molar-refractivity contribution in [2.75, 3.05) is 6.54 Å². The van der Waals surface area contributed by atoms with Crippen LogP contribution in [-0.4, -0.2) is 33.5 Å². The van der Waals surface area contributed by atoms with E-state index < -0.39 is 5.97 Å². The lowest BCUT2D eigenvalue weighted by Gasteiger charge is -2.21. The molecule has 0 amide bonds. The summed E-state index contributed by atoms with van der Waals surface area (Å²) in [6.45, 7) is 1.79. The van der Waals surface area contributed by atoms with Gasteiger partial charge in [0, 0.05) is 18.0 Å². The Kier molecular flexibility index (Phi) is 3.33. The molecule has 1 aliphatic rings. The van der Waals surface area contributed by atoms with Gasteiger partial charge in [-0.3, -0.25) is 9.69 Å². The zero-order chi connectivity index (χ0) is 10.7. The van der Waals surface area contributed by atoms with Crippen LogP contribution in [0.5, 0.6) is 0 Å². The van der Waals surface area contributed by atoms with Crippen LogP contribution in [0.1, 0.15) is 25.0 Å². The van der Waals surface area contributed by atoms with Crippen molar-refractivity contribution in [2.45, 2.75) is 31.8 Å². The maximum atomic E-state index is 10.7. The van der Waals surface area contributed by atoms with Gasteiger partial charge < -0.3 is 5.11 Å². The van der Waals surface area contributed by atoms with Crippen molar-refractivity contribution in [1.29, 1.82) is 0 Å². The Morgan fingerprint density at radius 2 is 2.60 bits per heavy atom. The Hall–Kier alpha value is -0.940. The fourth-order valence-electron chi connectivity index (χ4n) is 2.06. The quantitative estimate of drug-likeness (QED) is 0.847. The van der Waals surface area contributed by atoms with Crippen LogP contribution in [-0.2, 0) is 11.3 Å². The lowest BCUT2D eigenvalue weighted by atomic mass is 10.1. The summed E-state index contributed by atoms with van der Waals surface area (Å²) in [6.07, 6.45) is 2.35. The fourth-order valence-corrected chi connectivity index (χ4v) is 2.61. The Bertz CT molecular complexity index is 326. The van der Waals surface area contributed by atoms with Crippen LogP contribution in [0.25, 0.3) is 0 Å². The molecule has 2 rings (SSSR count). The molecule has 1 atom stereocenters. The Balaban J connectivity index is 1.93. The van der Waals surface area contributed by atoms with Crippen molar-refractivity contribution >= 4 is 17.3 Å². The molecule has 0 saturated carbocycles. The number of hydrogen-bond acceptors (Lipinski definition) is 4. The van der Waals surface area contributed by atoms with Gasteiger partial charge in [0.25, 0.3) is 0 Å². The summed E-state index contributed by atoms with van der Waals surface area (Å²) in [5.41, 5.74) is 2.87. The van der Waals surface area contributed by atoms with Crippen molar-refractivity contribution in [3.8, 4) is 0 Å². The second-order valence-electron chi connectivity index (χ2n) is 3.84. The number of carboxylic acid groups (broad SMARTS) is 1. The molecule has 1 aliphatic heterocycles. The first-order valence-corrected chi connectivity index (χ1v) is 6.03. The summed E-state index contributed by atoms with van der Waals surface area (Å²) in [5, 5.41) is 10.8. The number of nitrogens with zero attached hydrogens (tertiary/aromatic N) is 2. The molecule has 1 fully saturated rings. The minimum Gasteiger partial charge on any atom is -0.481 e. The highest BCUT2D eigenvalue weighted by Crippen LogP contribution is 2.22. The first kappa shape index (κ1) is 10.6. The monoisotopic (exact) mass is 226 g/mol. The second kappa shape index (κ2) is 4.72. The molecule has 1 N–H and O–H groups in total. The van der Waals surface area contributed by atoms with Crippen molar-refractivity contribution in [3.05, 3.63) is 16.6 Å². The Labute approximate surface area is 92.6 Å². The van der Waals surface area contributed by atoms with E-state index in [1.807, 2.05) is 10.9 Å². The summed E-state index contributed by atoms with van der Waals surface area (Å²) in [4.78, 5) is 17.1. The first-order valence-electron chi connectivity index (χ1n) is 5.08. The minimum absolute atomic E-state index is 0.198. The van der Waals surface area contributed by atoms with Crippen LogP contribution in [0, 0.1) is 0 Å². The molecule has 0 aromatic carbocycles. The van der Waals surface area contributed by atoms with Gasteiger partial charge in [0.15, 0.2) is 0 Å². The number of likely N-dealkylation sites (tertiary alicyclic amines) is 1. The number of aliphatic carboxylic acids is 1. The average molecular weight is 226 g/mol. The highest BCUT2D eigenvalue weighted by Gasteiger charge is 2.26. The molecule has 0 aliphatic carbocycles. The summed E-state index contributed by atoms with van der Waals surface area (Å²) in [6, 6.07) is 0.198. The minimum atomic E-state index is -0.704. The van der Waals surface area contributed by atoms with Gasteiger partial charge in [0.1, 0.15) is 0 Å². The van der Waals surface area contributed by atoms with Gasteiger partial charge in [-0.05, 0) is 19.4 Å². The third-order valence-corrected chi connectivity index (χ3v) is 3.39. The summed E-state index contributed by atoms with van der Waals surface area (Å²) >= 11 is 1.58. The molecule has 1 saturated heterocycles. The van der Waals surface area contributed by atoms with Gasteiger partial charge in [0.05, 0.1) is 17.6 Å². The van der Waals surface area contributed by atoms with E-state index in [1.54, 1.807) is 11.3 Å². The maximum absolute atomic E-state index is 10.7. The lowest BCUT2D eigenvalue weighted by Crippen LogP contribution is -2.30. The molecular weight excluding hydrogens is 212 g/mol. The van der Waals surface area contributed by atoms with Crippen molar-refractivity contribution in [2.24, 2.45) is 0 Å². The highest BCUT2D eigenvalue weighted by atomic mass is 32.1. The number of carboxylic acids is 1. The third kappa shape index (κ3) is 2.76. The van der Waals surface area contributed by atoms with Gasteiger partial charge in [-0.2, -0.15) is 0 Å². The van der Waals surface area contributed by atoms with Crippen LogP contribution in [0.2, 0.25) is 0 Å². The van der Waals surface area contributed by atoms with E-state index in [0.717, 1.165) is 31.6 Å². The molecule has 5 heteroatoms. The van der Waals surface area contributed by atoms with Gasteiger partial charge in [-0.25, -0.2) is 4.98 Å². The van der Waals surface area contributed by atoms with E-state index in [-0.39, 0.29) is 12.5 Å². The summed E-state index contributed by atoms with van der Waals surface area (Å²) in [7, 11) is 0. The van der Waals surface area contributed by atoms with Crippen LogP contribution >= 0.6 is 11.3 Å². The molecule has 1 aromatic rings. The van der Waals surface area contributed by atoms with Gasteiger partial charge >= 0.3 is 5.97 Å². The van der Waals surface area contributed by atoms with Crippen LogP contribution < -0.4 is 0 Å². The van der Waals surface area contributed by atoms with E-state index in [9.17, 15) is 4.79 Å². The molecule has 1 aromatic heterocycles. The molecule has 1 unspecified atom stereocenters. The average Bonchev–Trinajstić information content (AvgIpc) is 2.78. The van der Waals surface area contributed by atoms with Gasteiger partial charge in [-0.15, -0.1) is 11.3 Å². The van der Waals surface area contributed by atoms with Crippen molar-refractivity contribution < 1.29 is 9.90 Å². The van der Waals surface area contributed by atoms with E-state index in [4.69, 9.17) is 5.11 Å². The predicted molar refractivity (Wildman–Crippen MR) is 57.8 cm³/mol. The van der Waals surface area contributed by atoms with Gasteiger partial charge in [0.2, 0.25) is 0 Å². The largest absolute Gasteiger partial charge is 0.481 e. The SMILES string of the molecule is O=C(O)CC1CCCN1Cc1cscn1. The Morgan fingerprint density at radius 3 is 3.27 bits per heavy atom. The normalized spacial score (nSPS) is 22.0. The molecule has 4 nitrogen and oxygen atoms in total. The highest BCUT2D eigenvalue weighted by molar-refractivity contribution is 7.07. The second-order valence-corrected chi connectivity index (χ2v) is 4.56. The molecule has 0 spiro atoms. The van der Waals surface area contributed by atoms with Crippen LogP contribution in [0.15, 0.2) is 10.9 Å². The predicted octanol–water partition coefficient (Wildman–Crippen LogP) is 1.58. The van der Waals surface area contributed by atoms with Crippen LogP contribution in [0.4, 0.5) is 0 Å². The molecule has 82 valence electrons. The number of rotatable bonds is 4. The zero-order valence-electron chi connectivity index (χ0n) is 8.43. The molecule has 2 heterocycles. The van der Waals surface area contributed by atoms with E-state index in [2.05, 4.69) is 9.88 Å². The number of aromatic nitrogens is 1. The molecule has 0 radical (unpaired) electrons. The van der Waals surface area contributed by atoms with E-state index >= 15 is 0 Å². The number of carbonyl (C=O) groups is 1.